The van der Waals surface area contributed by atoms with Crippen LogP contribution in [0.5, 0.6) is 0 Å². The molecular formula is C90H54N12. The third-order valence-electron chi connectivity index (χ3n) is 20.8. The van der Waals surface area contributed by atoms with Gasteiger partial charge in [-0.1, -0.05) is 164 Å². The van der Waals surface area contributed by atoms with Crippen LogP contribution in [0.25, 0.3) is 199 Å². The van der Waals surface area contributed by atoms with Gasteiger partial charge in [0.1, 0.15) is 0 Å². The molecule has 0 N–H and O–H groups in total. The maximum absolute atomic E-state index is 5.25. The fourth-order valence-corrected chi connectivity index (χ4v) is 16.5. The maximum atomic E-state index is 5.25. The highest BCUT2D eigenvalue weighted by Crippen LogP contribution is 2.44. The Hall–Kier alpha value is -14.1. The molecule has 0 aliphatic carbocycles. The van der Waals surface area contributed by atoms with E-state index in [4.69, 9.17) is 29.9 Å². The lowest BCUT2D eigenvalue weighted by atomic mass is 10.0. The lowest BCUT2D eigenvalue weighted by molar-refractivity contribution is 1.07. The SMILES string of the molecule is c1ccc(-n2c3ccccc3c3cc4c(cc32)c2ccccc2n4-c2cnc(-c3cc(-c4ncc(-n5c6ccccc6c6cc7c(cc65)c5ccccc5n7-c5ccccc5)cn4)cc(-c4ncc(-n5c6ccccc6c6cc7c(cc65)c5ccccc5n7-c5ccccc5)cn4)c3)nc2)cc1. The Morgan fingerprint density at radius 2 is 0.324 bits per heavy atom. The van der Waals surface area contributed by atoms with E-state index < -0.39 is 0 Å². The van der Waals surface area contributed by atoms with Crippen LogP contribution in [-0.2, 0) is 0 Å². The molecule has 0 spiro atoms. The Balaban J connectivity index is 0.692. The van der Waals surface area contributed by atoms with Crippen molar-refractivity contribution in [3.05, 3.63) is 328 Å². The molecule has 102 heavy (non-hydrogen) atoms. The second kappa shape index (κ2) is 21.7. The molecule has 0 unspecified atom stereocenters. The van der Waals surface area contributed by atoms with E-state index in [2.05, 4.69) is 319 Å². The largest absolute Gasteiger partial charge is 0.309 e. The molecule has 0 amide bonds. The number of nitrogens with zero attached hydrogens (tertiary/aromatic N) is 12. The topological polar surface area (TPSA) is 107 Å². The molecule has 9 heterocycles. The first-order valence-corrected chi connectivity index (χ1v) is 34.3. The van der Waals surface area contributed by atoms with Crippen molar-refractivity contribution in [3.8, 4) is 68.3 Å². The highest BCUT2D eigenvalue weighted by atomic mass is 15.1. The number of rotatable bonds is 9. The second-order valence-corrected chi connectivity index (χ2v) is 26.4. The van der Waals surface area contributed by atoms with Gasteiger partial charge in [0.15, 0.2) is 17.5 Å². The van der Waals surface area contributed by atoms with Crippen LogP contribution in [0.4, 0.5) is 0 Å². The van der Waals surface area contributed by atoms with Gasteiger partial charge in [-0.2, -0.15) is 0 Å². The van der Waals surface area contributed by atoms with Gasteiger partial charge in [-0.25, -0.2) is 29.9 Å². The molecule has 12 nitrogen and oxygen atoms in total. The van der Waals surface area contributed by atoms with Gasteiger partial charge < -0.3 is 27.4 Å². The van der Waals surface area contributed by atoms with Crippen molar-refractivity contribution in [2.75, 3.05) is 0 Å². The predicted octanol–water partition coefficient (Wildman–Crippen LogP) is 21.6. The summed E-state index contributed by atoms with van der Waals surface area (Å²) in [4.78, 5) is 31.5. The molecule has 0 saturated carbocycles. The molecule has 0 radical (unpaired) electrons. The van der Waals surface area contributed by atoms with Gasteiger partial charge in [0.2, 0.25) is 0 Å². The molecule has 0 fully saturated rings. The molecule has 0 aliphatic heterocycles. The van der Waals surface area contributed by atoms with Gasteiger partial charge in [-0.3, -0.25) is 0 Å². The lowest BCUT2D eigenvalue weighted by Gasteiger charge is -2.12. The summed E-state index contributed by atoms with van der Waals surface area (Å²) in [6, 6.07) is 104. The molecular weight excluding hydrogens is 1250 g/mol. The van der Waals surface area contributed by atoms with E-state index in [-0.39, 0.29) is 0 Å². The minimum atomic E-state index is 0.527. The molecule has 22 aromatic rings. The monoisotopic (exact) mass is 1300 g/mol. The number of hydrogen-bond acceptors (Lipinski definition) is 6. The summed E-state index contributed by atoms with van der Waals surface area (Å²) in [5, 5.41) is 13.9. The molecule has 22 rings (SSSR count). The number of aromatic nitrogens is 12. The average Bonchev–Trinajstić information content (AvgIpc) is 1.57. The van der Waals surface area contributed by atoms with E-state index >= 15 is 0 Å². The first-order chi connectivity index (χ1) is 50.6. The van der Waals surface area contributed by atoms with Gasteiger partial charge in [0, 0.05) is 98.4 Å². The molecule has 13 aromatic carbocycles. The molecule has 12 heteroatoms. The van der Waals surface area contributed by atoms with E-state index in [1.807, 2.05) is 37.2 Å². The Kier molecular flexibility index (Phi) is 11.9. The summed E-state index contributed by atoms with van der Waals surface area (Å²) in [7, 11) is 0. The Bertz CT molecular complexity index is 6500. The van der Waals surface area contributed by atoms with E-state index in [0.29, 0.717) is 17.5 Å². The number of benzene rings is 13. The number of fused-ring (bicyclic) bond motifs is 18. The highest BCUT2D eigenvalue weighted by Gasteiger charge is 2.24. The third-order valence-corrected chi connectivity index (χ3v) is 20.8. The number of hydrogen-bond donors (Lipinski definition) is 0. The van der Waals surface area contributed by atoms with E-state index in [1.165, 1.54) is 32.3 Å². The normalized spacial score (nSPS) is 12.1. The van der Waals surface area contributed by atoms with Crippen LogP contribution < -0.4 is 0 Å². The van der Waals surface area contributed by atoms with Crippen molar-refractivity contribution < 1.29 is 0 Å². The van der Waals surface area contributed by atoms with Crippen molar-refractivity contribution in [1.82, 2.24) is 57.3 Å². The van der Waals surface area contributed by atoms with Crippen molar-refractivity contribution in [2.24, 2.45) is 0 Å². The van der Waals surface area contributed by atoms with Crippen LogP contribution in [0.1, 0.15) is 0 Å². The standard InChI is InChI=1S/C90H54N12/c1-4-22-58(23-5-1)97-76-34-16-10-28-64(76)70-46-85-73(43-82(70)97)67-31-13-19-37-79(67)100(85)61-49-91-88(92-50-61)55-40-56(89-93-51-62(52-94-89)101-80-38-20-14-32-68(80)74-44-83-71(47-86(74)101)65-29-11-17-35-77(65)98(83)59-24-6-2-7-25-59)42-57(41-55)90-95-53-63(54-96-90)102-81-39-21-15-33-69(81)75-45-84-72(48-87(75)102)66-30-12-18-36-78(66)99(84)60-26-8-3-9-27-60/h1-54H. The van der Waals surface area contributed by atoms with Crippen LogP contribution >= 0.6 is 0 Å². The smallest absolute Gasteiger partial charge is 0.159 e. The van der Waals surface area contributed by atoms with Gasteiger partial charge in [-0.05, 0) is 127 Å². The first-order valence-electron chi connectivity index (χ1n) is 34.3. The van der Waals surface area contributed by atoms with Crippen LogP contribution in [0.2, 0.25) is 0 Å². The Morgan fingerprint density at radius 3 is 0.529 bits per heavy atom. The van der Waals surface area contributed by atoms with Crippen LogP contribution in [0.3, 0.4) is 0 Å². The Labute approximate surface area is 581 Å². The fraction of sp³-hybridized carbons (Fsp3) is 0. The molecule has 474 valence electrons. The molecule has 0 saturated heterocycles. The van der Waals surface area contributed by atoms with Gasteiger partial charge >= 0.3 is 0 Å². The summed E-state index contributed by atoms with van der Waals surface area (Å²) in [5.74, 6) is 1.58. The van der Waals surface area contributed by atoms with Crippen LogP contribution in [-0.4, -0.2) is 57.3 Å². The summed E-state index contributed by atoms with van der Waals surface area (Å²) < 4.78 is 14.0. The van der Waals surface area contributed by atoms with E-state index in [1.54, 1.807) is 0 Å². The molecule has 9 aromatic heterocycles. The quantitative estimate of drug-likeness (QED) is 0.142. The van der Waals surface area contributed by atoms with Crippen molar-refractivity contribution in [1.29, 1.82) is 0 Å². The number of para-hydroxylation sites is 9. The summed E-state index contributed by atoms with van der Waals surface area (Å²) >= 11 is 0. The summed E-state index contributed by atoms with van der Waals surface area (Å²) in [6.07, 6.45) is 11.6. The molecule has 0 atom stereocenters. The minimum Gasteiger partial charge on any atom is -0.309 e. The highest BCUT2D eigenvalue weighted by molar-refractivity contribution is 6.22. The van der Waals surface area contributed by atoms with E-state index in [9.17, 15) is 0 Å². The maximum Gasteiger partial charge on any atom is 0.159 e. The minimum absolute atomic E-state index is 0.527. The Morgan fingerprint density at radius 1 is 0.147 bits per heavy atom. The van der Waals surface area contributed by atoms with Crippen LogP contribution in [0.15, 0.2) is 328 Å². The van der Waals surface area contributed by atoms with Crippen molar-refractivity contribution in [2.45, 2.75) is 0 Å². The van der Waals surface area contributed by atoms with E-state index in [0.717, 1.165) is 149 Å². The van der Waals surface area contributed by atoms with Gasteiger partial charge in [-0.15, -0.1) is 0 Å². The molecule has 0 bridgehead atoms. The van der Waals surface area contributed by atoms with Gasteiger partial charge in [0.25, 0.3) is 0 Å². The zero-order valence-corrected chi connectivity index (χ0v) is 54.5. The zero-order valence-electron chi connectivity index (χ0n) is 54.5. The lowest BCUT2D eigenvalue weighted by Crippen LogP contribution is -2.01. The third kappa shape index (κ3) is 8.25. The molecule has 0 aliphatic rings. The van der Waals surface area contributed by atoms with Crippen LogP contribution in [0, 0.1) is 0 Å². The van der Waals surface area contributed by atoms with Crippen molar-refractivity contribution in [3.63, 3.8) is 0 Å². The summed E-state index contributed by atoms with van der Waals surface area (Å²) in [6.45, 7) is 0. The average molecular weight is 1300 g/mol. The van der Waals surface area contributed by atoms with Gasteiger partial charge in [0.05, 0.1) is 120 Å². The zero-order chi connectivity index (χ0) is 66.7. The first kappa shape index (κ1) is 56.0. The predicted molar refractivity (Wildman–Crippen MR) is 416 cm³/mol. The second-order valence-electron chi connectivity index (χ2n) is 26.4. The fourth-order valence-electron chi connectivity index (χ4n) is 16.5. The summed E-state index contributed by atoms with van der Waals surface area (Å²) in [5.41, 5.74) is 21.4. The van der Waals surface area contributed by atoms with Crippen molar-refractivity contribution >= 4 is 131 Å².